The van der Waals surface area contributed by atoms with Crippen LogP contribution in [-0.2, 0) is 4.74 Å². The largest absolute Gasteiger partial charge is 0.462 e. The summed E-state index contributed by atoms with van der Waals surface area (Å²) < 4.78 is 5.19. The van der Waals surface area contributed by atoms with E-state index >= 15 is 0 Å². The zero-order valence-electron chi connectivity index (χ0n) is 13.1. The second-order valence-corrected chi connectivity index (χ2v) is 4.76. The first kappa shape index (κ1) is 17.5. The van der Waals surface area contributed by atoms with Gasteiger partial charge in [0.1, 0.15) is 0 Å². The number of hydrogen-bond acceptors (Lipinski definition) is 3. The van der Waals surface area contributed by atoms with Crippen molar-refractivity contribution in [2.24, 2.45) is 5.92 Å². The summed E-state index contributed by atoms with van der Waals surface area (Å²) in [5, 5.41) is 0. The second kappa shape index (κ2) is 9.42. The molecule has 0 fully saturated rings. The number of rotatable bonds is 5. The predicted molar refractivity (Wildman–Crippen MR) is 81.9 cm³/mol. The van der Waals surface area contributed by atoms with Crippen LogP contribution in [0.1, 0.15) is 44.5 Å². The van der Waals surface area contributed by atoms with Gasteiger partial charge in [0.2, 0.25) is 0 Å². The summed E-state index contributed by atoms with van der Waals surface area (Å²) >= 11 is 0. The molecule has 0 bridgehead atoms. The SMILES string of the molecule is CC.CC(C)CCOC(=O)c1ccc(N(C)C)cc1. The molecule has 19 heavy (non-hydrogen) atoms. The highest BCUT2D eigenvalue weighted by Gasteiger charge is 2.07. The van der Waals surface area contributed by atoms with Gasteiger partial charge in [0, 0.05) is 19.8 Å². The molecule has 0 aliphatic rings. The molecule has 0 radical (unpaired) electrons. The van der Waals surface area contributed by atoms with Crippen molar-refractivity contribution in [2.75, 3.05) is 25.6 Å². The summed E-state index contributed by atoms with van der Waals surface area (Å²) in [6.45, 7) is 8.71. The van der Waals surface area contributed by atoms with Crippen molar-refractivity contribution in [3.8, 4) is 0 Å². The van der Waals surface area contributed by atoms with Crippen molar-refractivity contribution in [3.63, 3.8) is 0 Å². The Hall–Kier alpha value is -1.51. The molecule has 108 valence electrons. The Balaban J connectivity index is 0.00000154. The van der Waals surface area contributed by atoms with Crippen LogP contribution in [0.15, 0.2) is 24.3 Å². The van der Waals surface area contributed by atoms with E-state index < -0.39 is 0 Å². The molecule has 0 heterocycles. The molecule has 0 saturated heterocycles. The molecule has 0 aliphatic carbocycles. The maximum atomic E-state index is 11.7. The first-order valence-corrected chi connectivity index (χ1v) is 6.95. The third-order valence-electron chi connectivity index (χ3n) is 2.55. The van der Waals surface area contributed by atoms with Gasteiger partial charge in [0.15, 0.2) is 0 Å². The van der Waals surface area contributed by atoms with Gasteiger partial charge in [-0.3, -0.25) is 0 Å². The maximum Gasteiger partial charge on any atom is 0.338 e. The molecule has 1 aromatic rings. The van der Waals surface area contributed by atoms with Crippen molar-refractivity contribution in [1.29, 1.82) is 0 Å². The van der Waals surface area contributed by atoms with Gasteiger partial charge in [-0.05, 0) is 36.6 Å². The number of nitrogens with zero attached hydrogens (tertiary/aromatic N) is 1. The normalized spacial score (nSPS) is 9.63. The van der Waals surface area contributed by atoms with Gasteiger partial charge in [-0.1, -0.05) is 27.7 Å². The van der Waals surface area contributed by atoms with Crippen molar-refractivity contribution < 1.29 is 9.53 Å². The fourth-order valence-corrected chi connectivity index (χ4v) is 1.37. The van der Waals surface area contributed by atoms with Crippen molar-refractivity contribution >= 4 is 11.7 Å². The average Bonchev–Trinajstić information content (AvgIpc) is 2.40. The van der Waals surface area contributed by atoms with Crippen LogP contribution < -0.4 is 4.90 Å². The van der Waals surface area contributed by atoms with Gasteiger partial charge in [0.05, 0.1) is 12.2 Å². The van der Waals surface area contributed by atoms with Gasteiger partial charge in [-0.2, -0.15) is 0 Å². The number of esters is 1. The summed E-state index contributed by atoms with van der Waals surface area (Å²) in [5.41, 5.74) is 1.68. The molecule has 3 heteroatoms. The summed E-state index contributed by atoms with van der Waals surface area (Å²) in [4.78, 5) is 13.7. The minimum atomic E-state index is -0.240. The summed E-state index contributed by atoms with van der Waals surface area (Å²) in [7, 11) is 3.94. The van der Waals surface area contributed by atoms with E-state index in [1.807, 2.05) is 45.0 Å². The number of anilines is 1. The van der Waals surface area contributed by atoms with Gasteiger partial charge in [-0.25, -0.2) is 4.79 Å². The standard InChI is InChI=1S/C14H21NO2.C2H6/c1-11(2)9-10-17-14(16)12-5-7-13(8-6-12)15(3)4;1-2/h5-8,11H,9-10H2,1-4H3;1-2H3. The van der Waals surface area contributed by atoms with Gasteiger partial charge in [0.25, 0.3) is 0 Å². The quantitative estimate of drug-likeness (QED) is 0.754. The molecular weight excluding hydrogens is 238 g/mol. The van der Waals surface area contributed by atoms with Crippen LogP contribution in [-0.4, -0.2) is 26.7 Å². The van der Waals surface area contributed by atoms with E-state index in [0.29, 0.717) is 18.1 Å². The monoisotopic (exact) mass is 265 g/mol. The highest BCUT2D eigenvalue weighted by molar-refractivity contribution is 5.89. The Morgan fingerprint density at radius 3 is 2.11 bits per heavy atom. The van der Waals surface area contributed by atoms with Crippen LogP contribution in [0, 0.1) is 5.92 Å². The molecule has 0 saturated carbocycles. The first-order valence-electron chi connectivity index (χ1n) is 6.95. The molecule has 0 unspecified atom stereocenters. The second-order valence-electron chi connectivity index (χ2n) is 4.76. The van der Waals surface area contributed by atoms with Gasteiger partial charge < -0.3 is 9.64 Å². The molecule has 0 amide bonds. The molecular formula is C16H27NO2. The number of benzene rings is 1. The van der Waals surface area contributed by atoms with E-state index in [1.54, 1.807) is 12.1 Å². The van der Waals surface area contributed by atoms with Crippen LogP contribution in [0.25, 0.3) is 0 Å². The topological polar surface area (TPSA) is 29.5 Å². The third-order valence-corrected chi connectivity index (χ3v) is 2.55. The minimum Gasteiger partial charge on any atom is -0.462 e. The summed E-state index contributed by atoms with van der Waals surface area (Å²) in [6, 6.07) is 7.43. The number of hydrogen-bond donors (Lipinski definition) is 0. The van der Waals surface area contributed by atoms with Crippen molar-refractivity contribution in [1.82, 2.24) is 0 Å². The Morgan fingerprint density at radius 1 is 1.16 bits per heavy atom. The lowest BCUT2D eigenvalue weighted by molar-refractivity contribution is 0.0488. The fourth-order valence-electron chi connectivity index (χ4n) is 1.37. The number of ether oxygens (including phenoxy) is 1. The lowest BCUT2D eigenvalue weighted by Gasteiger charge is -2.12. The van der Waals surface area contributed by atoms with E-state index in [1.165, 1.54) is 0 Å². The molecule has 0 atom stereocenters. The lowest BCUT2D eigenvalue weighted by atomic mass is 10.1. The minimum absolute atomic E-state index is 0.240. The fraction of sp³-hybridized carbons (Fsp3) is 0.562. The van der Waals surface area contributed by atoms with E-state index in [9.17, 15) is 4.79 Å². The average molecular weight is 265 g/mol. The molecule has 0 aliphatic heterocycles. The number of carbonyl (C=O) groups is 1. The smallest absolute Gasteiger partial charge is 0.338 e. The van der Waals surface area contributed by atoms with E-state index in [2.05, 4.69) is 13.8 Å². The highest BCUT2D eigenvalue weighted by atomic mass is 16.5. The lowest BCUT2D eigenvalue weighted by Crippen LogP contribution is -2.10. The molecule has 1 rings (SSSR count). The first-order chi connectivity index (χ1) is 9.00. The zero-order chi connectivity index (χ0) is 14.8. The van der Waals surface area contributed by atoms with E-state index in [-0.39, 0.29) is 5.97 Å². The summed E-state index contributed by atoms with van der Waals surface area (Å²) in [6.07, 6.45) is 0.904. The Kier molecular flexibility index (Phi) is 8.68. The maximum absolute atomic E-state index is 11.7. The van der Waals surface area contributed by atoms with E-state index in [4.69, 9.17) is 4.74 Å². The molecule has 3 nitrogen and oxygen atoms in total. The highest BCUT2D eigenvalue weighted by Crippen LogP contribution is 2.13. The van der Waals surface area contributed by atoms with Gasteiger partial charge >= 0.3 is 5.97 Å². The van der Waals surface area contributed by atoms with Crippen LogP contribution >= 0.6 is 0 Å². The van der Waals surface area contributed by atoms with Crippen molar-refractivity contribution in [3.05, 3.63) is 29.8 Å². The number of carbonyl (C=O) groups excluding carboxylic acids is 1. The van der Waals surface area contributed by atoms with Crippen molar-refractivity contribution in [2.45, 2.75) is 34.1 Å². The predicted octanol–water partition coefficient (Wildman–Crippen LogP) is 3.98. The Bertz CT molecular complexity index is 356. The Labute approximate surface area is 117 Å². The van der Waals surface area contributed by atoms with Crippen LogP contribution in [0.2, 0.25) is 0 Å². The van der Waals surface area contributed by atoms with Crippen LogP contribution in [0.4, 0.5) is 5.69 Å². The molecule has 1 aromatic carbocycles. The molecule has 0 N–H and O–H groups in total. The zero-order valence-corrected chi connectivity index (χ0v) is 13.1. The Morgan fingerprint density at radius 2 is 1.68 bits per heavy atom. The van der Waals surface area contributed by atoms with E-state index in [0.717, 1.165) is 12.1 Å². The van der Waals surface area contributed by atoms with Crippen LogP contribution in [0.5, 0.6) is 0 Å². The van der Waals surface area contributed by atoms with Gasteiger partial charge in [-0.15, -0.1) is 0 Å². The molecule has 0 aromatic heterocycles. The van der Waals surface area contributed by atoms with Crippen LogP contribution in [0.3, 0.4) is 0 Å². The molecule has 0 spiro atoms. The summed E-state index contributed by atoms with van der Waals surface area (Å²) in [5.74, 6) is 0.315. The third kappa shape index (κ3) is 6.85.